The van der Waals surface area contributed by atoms with Crippen LogP contribution in [0.2, 0.25) is 0 Å². The van der Waals surface area contributed by atoms with Gasteiger partial charge in [-0.3, -0.25) is 4.90 Å². The molecule has 1 aromatic carbocycles. The Balaban J connectivity index is 1.59. The van der Waals surface area contributed by atoms with Gasteiger partial charge in [-0.2, -0.15) is 0 Å². The molecule has 0 bridgehead atoms. The summed E-state index contributed by atoms with van der Waals surface area (Å²) >= 11 is 0. The van der Waals surface area contributed by atoms with Gasteiger partial charge in [-0.15, -0.1) is 0 Å². The van der Waals surface area contributed by atoms with E-state index in [0.29, 0.717) is 13.3 Å². The van der Waals surface area contributed by atoms with Gasteiger partial charge in [0.1, 0.15) is 12.0 Å². The van der Waals surface area contributed by atoms with Crippen LogP contribution in [-0.2, 0) is 4.74 Å². The Bertz CT molecular complexity index is 455. The number of likely N-dealkylation sites (tertiary alicyclic amines) is 1. The molecule has 1 fully saturated rings. The molecule has 0 radical (unpaired) electrons. The van der Waals surface area contributed by atoms with Crippen molar-refractivity contribution in [1.29, 1.82) is 0 Å². The SMILES string of the molecule is O[C@@H](CN1CCCCC1)N1C=C(c2ccccc2)OC1. The Morgan fingerprint density at radius 3 is 2.60 bits per heavy atom. The number of aliphatic hydroxyl groups excluding tert-OH is 1. The van der Waals surface area contributed by atoms with E-state index in [0.717, 1.165) is 24.4 Å². The van der Waals surface area contributed by atoms with Crippen molar-refractivity contribution in [3.63, 3.8) is 0 Å². The minimum atomic E-state index is -0.491. The zero-order chi connectivity index (χ0) is 13.8. The average Bonchev–Trinajstić information content (AvgIpc) is 2.99. The fraction of sp³-hybridized carbons (Fsp3) is 0.500. The average molecular weight is 274 g/mol. The quantitative estimate of drug-likeness (QED) is 0.912. The Labute approximate surface area is 120 Å². The van der Waals surface area contributed by atoms with E-state index in [1.165, 1.54) is 19.3 Å². The highest BCUT2D eigenvalue weighted by Crippen LogP contribution is 2.23. The third-order valence-electron chi connectivity index (χ3n) is 3.96. The van der Waals surface area contributed by atoms with Crippen LogP contribution in [0.3, 0.4) is 0 Å². The zero-order valence-corrected chi connectivity index (χ0v) is 11.7. The maximum atomic E-state index is 10.3. The summed E-state index contributed by atoms with van der Waals surface area (Å²) in [6.07, 6.45) is 5.23. The molecular weight excluding hydrogens is 252 g/mol. The molecule has 108 valence electrons. The molecule has 20 heavy (non-hydrogen) atoms. The van der Waals surface area contributed by atoms with Crippen LogP contribution in [-0.4, -0.2) is 47.5 Å². The summed E-state index contributed by atoms with van der Waals surface area (Å²) in [6.45, 7) is 3.32. The maximum Gasteiger partial charge on any atom is 0.163 e. The van der Waals surface area contributed by atoms with Gasteiger partial charge in [-0.25, -0.2) is 0 Å². The minimum absolute atomic E-state index is 0.430. The van der Waals surface area contributed by atoms with Gasteiger partial charge in [0.25, 0.3) is 0 Å². The van der Waals surface area contributed by atoms with Gasteiger partial charge >= 0.3 is 0 Å². The molecule has 0 amide bonds. The van der Waals surface area contributed by atoms with Crippen LogP contribution in [0.25, 0.3) is 5.76 Å². The lowest BCUT2D eigenvalue weighted by Crippen LogP contribution is -2.43. The molecule has 1 aromatic rings. The summed E-state index contributed by atoms with van der Waals surface area (Å²) in [6, 6.07) is 10.0. The predicted octanol–water partition coefficient (Wildman–Crippen LogP) is 2.08. The highest BCUT2D eigenvalue weighted by molar-refractivity contribution is 5.60. The predicted molar refractivity (Wildman–Crippen MR) is 78.5 cm³/mol. The van der Waals surface area contributed by atoms with E-state index < -0.39 is 6.23 Å². The van der Waals surface area contributed by atoms with Crippen molar-refractivity contribution in [1.82, 2.24) is 9.80 Å². The van der Waals surface area contributed by atoms with Gasteiger partial charge in [-0.1, -0.05) is 36.8 Å². The Morgan fingerprint density at radius 1 is 1.10 bits per heavy atom. The van der Waals surface area contributed by atoms with Crippen LogP contribution in [0.1, 0.15) is 24.8 Å². The maximum absolute atomic E-state index is 10.3. The number of nitrogens with zero attached hydrogens (tertiary/aromatic N) is 2. The molecule has 0 unspecified atom stereocenters. The topological polar surface area (TPSA) is 35.9 Å². The normalized spacial score (nSPS) is 21.4. The van der Waals surface area contributed by atoms with Crippen LogP contribution in [0.4, 0.5) is 0 Å². The Hall–Kier alpha value is -1.52. The van der Waals surface area contributed by atoms with Crippen molar-refractivity contribution in [3.05, 3.63) is 42.1 Å². The molecule has 1 N–H and O–H groups in total. The van der Waals surface area contributed by atoms with E-state index in [-0.39, 0.29) is 0 Å². The van der Waals surface area contributed by atoms with E-state index in [2.05, 4.69) is 4.90 Å². The molecule has 1 saturated heterocycles. The number of hydrogen-bond donors (Lipinski definition) is 1. The van der Waals surface area contributed by atoms with Crippen molar-refractivity contribution in [2.24, 2.45) is 0 Å². The van der Waals surface area contributed by atoms with Gasteiger partial charge in [-0.05, 0) is 25.9 Å². The van der Waals surface area contributed by atoms with Crippen molar-refractivity contribution >= 4 is 5.76 Å². The molecule has 1 atom stereocenters. The lowest BCUT2D eigenvalue weighted by atomic mass is 10.1. The smallest absolute Gasteiger partial charge is 0.163 e. The van der Waals surface area contributed by atoms with Crippen LogP contribution in [0.15, 0.2) is 36.5 Å². The van der Waals surface area contributed by atoms with Gasteiger partial charge in [0, 0.05) is 18.3 Å². The second-order valence-corrected chi connectivity index (χ2v) is 5.49. The number of ether oxygens (including phenoxy) is 1. The van der Waals surface area contributed by atoms with Crippen LogP contribution >= 0.6 is 0 Å². The number of aliphatic hydroxyl groups is 1. The van der Waals surface area contributed by atoms with E-state index >= 15 is 0 Å². The highest BCUT2D eigenvalue weighted by Gasteiger charge is 2.23. The number of benzene rings is 1. The van der Waals surface area contributed by atoms with Gasteiger partial charge in [0.15, 0.2) is 6.73 Å². The molecule has 0 saturated carbocycles. The summed E-state index contributed by atoms with van der Waals surface area (Å²) < 4.78 is 5.67. The summed E-state index contributed by atoms with van der Waals surface area (Å²) in [5.74, 6) is 0.836. The first-order valence-electron chi connectivity index (χ1n) is 7.39. The minimum Gasteiger partial charge on any atom is -0.471 e. The van der Waals surface area contributed by atoms with Crippen molar-refractivity contribution in [3.8, 4) is 0 Å². The Morgan fingerprint density at radius 2 is 1.85 bits per heavy atom. The molecule has 3 rings (SSSR count). The summed E-state index contributed by atoms with van der Waals surface area (Å²) in [5.41, 5.74) is 1.06. The van der Waals surface area contributed by atoms with Gasteiger partial charge in [0.05, 0.1) is 0 Å². The number of hydrogen-bond acceptors (Lipinski definition) is 4. The van der Waals surface area contributed by atoms with Crippen molar-refractivity contribution in [2.75, 3.05) is 26.4 Å². The zero-order valence-electron chi connectivity index (χ0n) is 11.7. The number of piperidine rings is 1. The fourth-order valence-corrected chi connectivity index (χ4v) is 2.78. The van der Waals surface area contributed by atoms with Gasteiger partial charge in [0.2, 0.25) is 0 Å². The largest absolute Gasteiger partial charge is 0.471 e. The monoisotopic (exact) mass is 274 g/mol. The number of β-amino-alcohol motifs (C(OH)–C–C–N with tert-alkyl or cyclic N) is 1. The van der Waals surface area contributed by atoms with Crippen LogP contribution in [0, 0.1) is 0 Å². The molecule has 2 heterocycles. The van der Waals surface area contributed by atoms with Crippen molar-refractivity contribution in [2.45, 2.75) is 25.5 Å². The molecular formula is C16H22N2O2. The summed E-state index contributed by atoms with van der Waals surface area (Å²) in [4.78, 5) is 4.21. The third kappa shape index (κ3) is 3.14. The fourth-order valence-electron chi connectivity index (χ4n) is 2.78. The second kappa shape index (κ2) is 6.29. The second-order valence-electron chi connectivity index (χ2n) is 5.49. The first-order chi connectivity index (χ1) is 9.83. The van der Waals surface area contributed by atoms with E-state index in [9.17, 15) is 5.11 Å². The molecule has 0 aromatic heterocycles. The molecule has 2 aliphatic rings. The molecule has 4 nitrogen and oxygen atoms in total. The van der Waals surface area contributed by atoms with Gasteiger partial charge < -0.3 is 14.7 Å². The highest BCUT2D eigenvalue weighted by atomic mass is 16.5. The first-order valence-corrected chi connectivity index (χ1v) is 7.39. The summed E-state index contributed by atoms with van der Waals surface area (Å²) in [5, 5.41) is 10.3. The van der Waals surface area contributed by atoms with E-state index in [1.807, 2.05) is 41.4 Å². The molecule has 2 aliphatic heterocycles. The van der Waals surface area contributed by atoms with Crippen LogP contribution in [0.5, 0.6) is 0 Å². The molecule has 4 heteroatoms. The standard InChI is InChI=1S/C16H22N2O2/c19-16(12-17-9-5-2-6-10-17)18-11-15(20-13-18)14-7-3-1-4-8-14/h1,3-4,7-8,11,16,19H,2,5-6,9-10,12-13H2/t16-/m0/s1. The number of rotatable bonds is 4. The molecule has 0 spiro atoms. The molecule has 0 aliphatic carbocycles. The van der Waals surface area contributed by atoms with E-state index in [1.54, 1.807) is 0 Å². The Kier molecular flexibility index (Phi) is 4.23. The first kappa shape index (κ1) is 13.5. The van der Waals surface area contributed by atoms with Crippen LogP contribution < -0.4 is 0 Å². The lowest BCUT2D eigenvalue weighted by Gasteiger charge is -2.31. The van der Waals surface area contributed by atoms with E-state index in [4.69, 9.17) is 4.74 Å². The summed E-state index contributed by atoms with van der Waals surface area (Å²) in [7, 11) is 0. The lowest BCUT2D eigenvalue weighted by molar-refractivity contribution is -0.0203. The third-order valence-corrected chi connectivity index (χ3v) is 3.96. The van der Waals surface area contributed by atoms with Crippen molar-refractivity contribution < 1.29 is 9.84 Å².